The highest BCUT2D eigenvalue weighted by atomic mass is 35.5. The van der Waals surface area contributed by atoms with Gasteiger partial charge in [0.15, 0.2) is 0 Å². The van der Waals surface area contributed by atoms with Crippen LogP contribution in [0, 0.1) is 12.3 Å². The normalized spacial score (nSPS) is 12.1. The quantitative estimate of drug-likeness (QED) is 0.688. The van der Waals surface area contributed by atoms with Crippen LogP contribution >= 0.6 is 22.9 Å². The van der Waals surface area contributed by atoms with Crippen LogP contribution in [0.15, 0.2) is 0 Å². The lowest BCUT2D eigenvalue weighted by Crippen LogP contribution is -2.08. The molecule has 3 heteroatoms. The highest BCUT2D eigenvalue weighted by Gasteiger charge is 2.15. The van der Waals surface area contributed by atoms with Crippen molar-refractivity contribution in [3.05, 3.63) is 15.6 Å². The van der Waals surface area contributed by atoms with Crippen molar-refractivity contribution in [3.8, 4) is 0 Å². The lowest BCUT2D eigenvalue weighted by Gasteiger charge is -2.16. The van der Waals surface area contributed by atoms with Crippen LogP contribution in [0.3, 0.4) is 0 Å². The van der Waals surface area contributed by atoms with Crippen LogP contribution in [0.25, 0.3) is 0 Å². The molecular formula is C10H16ClNS. The second kappa shape index (κ2) is 3.97. The molecular weight excluding hydrogens is 202 g/mol. The highest BCUT2D eigenvalue weighted by molar-refractivity contribution is 7.11. The molecule has 1 aromatic rings. The van der Waals surface area contributed by atoms with Gasteiger partial charge in [-0.05, 0) is 18.8 Å². The van der Waals surface area contributed by atoms with Crippen LogP contribution in [0.1, 0.15) is 36.3 Å². The minimum absolute atomic E-state index is 0.334. The van der Waals surface area contributed by atoms with Crippen molar-refractivity contribution >= 4 is 22.9 Å². The van der Waals surface area contributed by atoms with Crippen molar-refractivity contribution < 1.29 is 0 Å². The Morgan fingerprint density at radius 1 is 1.38 bits per heavy atom. The summed E-state index contributed by atoms with van der Waals surface area (Å²) in [7, 11) is 0. The maximum Gasteiger partial charge on any atom is 0.108 e. The van der Waals surface area contributed by atoms with Gasteiger partial charge in [-0.1, -0.05) is 20.8 Å². The molecule has 0 saturated carbocycles. The molecule has 13 heavy (non-hydrogen) atoms. The molecule has 1 rings (SSSR count). The van der Waals surface area contributed by atoms with E-state index in [-0.39, 0.29) is 0 Å². The monoisotopic (exact) mass is 217 g/mol. The second-order valence-electron chi connectivity index (χ2n) is 4.49. The lowest BCUT2D eigenvalue weighted by atomic mass is 9.91. The number of thiazole rings is 1. The summed E-state index contributed by atoms with van der Waals surface area (Å²) in [6.07, 6.45) is 1.09. The Hall–Kier alpha value is -0.0800. The molecule has 1 aromatic heterocycles. The van der Waals surface area contributed by atoms with E-state index in [9.17, 15) is 0 Å². The zero-order valence-electron chi connectivity index (χ0n) is 8.65. The predicted octanol–water partition coefficient (Wildman–Crippen LogP) is 3.78. The first kappa shape index (κ1) is 11.0. The van der Waals surface area contributed by atoms with Gasteiger partial charge in [-0.25, -0.2) is 4.98 Å². The summed E-state index contributed by atoms with van der Waals surface area (Å²) in [4.78, 5) is 5.78. The number of halogens is 1. The average Bonchev–Trinajstić information content (AvgIpc) is 2.29. The van der Waals surface area contributed by atoms with E-state index in [2.05, 4.69) is 32.7 Å². The van der Waals surface area contributed by atoms with E-state index in [1.807, 2.05) is 0 Å². The van der Waals surface area contributed by atoms with Crippen LogP contribution < -0.4 is 0 Å². The molecule has 1 heterocycles. The minimum atomic E-state index is 0.334. The third-order valence-electron chi connectivity index (χ3n) is 1.74. The Bertz CT molecular complexity index is 286. The van der Waals surface area contributed by atoms with E-state index in [1.165, 1.54) is 4.88 Å². The van der Waals surface area contributed by atoms with Gasteiger partial charge in [0.2, 0.25) is 0 Å². The second-order valence-corrected chi connectivity index (χ2v) is 5.92. The molecule has 1 nitrogen and oxygen atoms in total. The Kier molecular flexibility index (Phi) is 3.36. The maximum atomic E-state index is 5.73. The van der Waals surface area contributed by atoms with Crippen LogP contribution in [-0.4, -0.2) is 4.98 Å². The van der Waals surface area contributed by atoms with Gasteiger partial charge in [-0.15, -0.1) is 22.9 Å². The molecule has 0 radical (unpaired) electrons. The third kappa shape index (κ3) is 3.28. The number of rotatable bonds is 2. The molecule has 0 atom stereocenters. The Balaban J connectivity index is 2.83. The van der Waals surface area contributed by atoms with E-state index in [1.54, 1.807) is 11.3 Å². The summed E-state index contributed by atoms with van der Waals surface area (Å²) < 4.78 is 0. The molecule has 0 aromatic carbocycles. The summed E-state index contributed by atoms with van der Waals surface area (Å²) in [6.45, 7) is 8.79. The van der Waals surface area contributed by atoms with Gasteiger partial charge in [-0.3, -0.25) is 0 Å². The number of hydrogen-bond acceptors (Lipinski definition) is 2. The summed E-state index contributed by atoms with van der Waals surface area (Å²) in [5.74, 6) is 0.537. The van der Waals surface area contributed by atoms with Crippen molar-refractivity contribution in [3.63, 3.8) is 0 Å². The van der Waals surface area contributed by atoms with E-state index in [0.29, 0.717) is 11.3 Å². The number of alkyl halides is 1. The average molecular weight is 218 g/mol. The molecule has 0 aliphatic rings. The molecule has 0 bridgehead atoms. The Labute approximate surface area is 89.1 Å². The van der Waals surface area contributed by atoms with E-state index in [0.717, 1.165) is 17.1 Å². The van der Waals surface area contributed by atoms with Gasteiger partial charge < -0.3 is 0 Å². The fourth-order valence-corrected chi connectivity index (χ4v) is 2.63. The summed E-state index contributed by atoms with van der Waals surface area (Å²) in [5.41, 5.74) is 1.48. The highest BCUT2D eigenvalue weighted by Crippen LogP contribution is 2.27. The summed E-state index contributed by atoms with van der Waals surface area (Å²) in [6, 6.07) is 0. The molecule has 0 aliphatic heterocycles. The molecule has 0 N–H and O–H groups in total. The Morgan fingerprint density at radius 2 is 2.00 bits per heavy atom. The van der Waals surface area contributed by atoms with Crippen LogP contribution in [0.4, 0.5) is 0 Å². The van der Waals surface area contributed by atoms with Crippen molar-refractivity contribution in [1.29, 1.82) is 0 Å². The zero-order valence-corrected chi connectivity index (χ0v) is 10.2. The SMILES string of the molecule is Cc1nc(CCl)sc1CC(C)(C)C. The smallest absolute Gasteiger partial charge is 0.108 e. The van der Waals surface area contributed by atoms with Gasteiger partial charge in [0.1, 0.15) is 5.01 Å². The van der Waals surface area contributed by atoms with Crippen molar-refractivity contribution in [1.82, 2.24) is 4.98 Å². The van der Waals surface area contributed by atoms with E-state index < -0.39 is 0 Å². The summed E-state index contributed by atoms with van der Waals surface area (Å²) in [5, 5.41) is 1.04. The number of aryl methyl sites for hydroxylation is 1. The molecule has 74 valence electrons. The maximum absolute atomic E-state index is 5.73. The Morgan fingerprint density at radius 3 is 2.38 bits per heavy atom. The fourth-order valence-electron chi connectivity index (χ4n) is 1.19. The van der Waals surface area contributed by atoms with Gasteiger partial charge >= 0.3 is 0 Å². The van der Waals surface area contributed by atoms with Gasteiger partial charge in [0.05, 0.1) is 11.6 Å². The standard InChI is InChI=1S/C10H16ClNS/c1-7-8(5-10(2,3)4)13-9(6-11)12-7/h5-6H2,1-4H3. The zero-order chi connectivity index (χ0) is 10.1. The van der Waals surface area contributed by atoms with E-state index >= 15 is 0 Å². The molecule has 0 aliphatic carbocycles. The fraction of sp³-hybridized carbons (Fsp3) is 0.700. The molecule has 0 amide bonds. The topological polar surface area (TPSA) is 12.9 Å². The lowest BCUT2D eigenvalue weighted by molar-refractivity contribution is 0.413. The third-order valence-corrected chi connectivity index (χ3v) is 3.31. The molecule has 0 saturated heterocycles. The van der Waals surface area contributed by atoms with E-state index in [4.69, 9.17) is 11.6 Å². The van der Waals surface area contributed by atoms with Gasteiger partial charge in [0, 0.05) is 4.88 Å². The minimum Gasteiger partial charge on any atom is -0.245 e. The van der Waals surface area contributed by atoms with Gasteiger partial charge in [-0.2, -0.15) is 0 Å². The largest absolute Gasteiger partial charge is 0.245 e. The first-order chi connectivity index (χ1) is 5.92. The molecule has 0 spiro atoms. The number of hydrogen-bond donors (Lipinski definition) is 0. The van der Waals surface area contributed by atoms with Crippen molar-refractivity contribution in [2.24, 2.45) is 5.41 Å². The first-order valence-corrected chi connectivity index (χ1v) is 5.78. The van der Waals surface area contributed by atoms with Crippen LogP contribution in [0.2, 0.25) is 0 Å². The number of nitrogens with zero attached hydrogens (tertiary/aromatic N) is 1. The predicted molar refractivity (Wildman–Crippen MR) is 59.6 cm³/mol. The summed E-state index contributed by atoms with van der Waals surface area (Å²) >= 11 is 7.47. The van der Waals surface area contributed by atoms with Crippen LogP contribution in [0.5, 0.6) is 0 Å². The number of aromatic nitrogens is 1. The van der Waals surface area contributed by atoms with Crippen molar-refractivity contribution in [2.75, 3.05) is 0 Å². The first-order valence-electron chi connectivity index (χ1n) is 4.43. The van der Waals surface area contributed by atoms with Crippen molar-refractivity contribution in [2.45, 2.75) is 40.0 Å². The molecule has 0 fully saturated rings. The van der Waals surface area contributed by atoms with Gasteiger partial charge in [0.25, 0.3) is 0 Å². The molecule has 0 unspecified atom stereocenters. The van der Waals surface area contributed by atoms with Crippen LogP contribution in [-0.2, 0) is 12.3 Å².